The van der Waals surface area contributed by atoms with Crippen LogP contribution in [0.2, 0.25) is 0 Å². The number of nitrogens with two attached hydrogens (primary N) is 1. The van der Waals surface area contributed by atoms with E-state index in [2.05, 4.69) is 15.3 Å². The van der Waals surface area contributed by atoms with Gasteiger partial charge in [0, 0.05) is 30.5 Å². The number of nitrogens with one attached hydrogen (secondary N) is 1. The third-order valence-corrected chi connectivity index (χ3v) is 3.43. The first-order valence-electron chi connectivity index (χ1n) is 5.58. The van der Waals surface area contributed by atoms with E-state index in [-0.39, 0.29) is 36.8 Å². The van der Waals surface area contributed by atoms with Crippen LogP contribution in [0.3, 0.4) is 0 Å². The number of hydrogen-bond acceptors (Lipinski definition) is 5. The van der Waals surface area contributed by atoms with Crippen LogP contribution in [0, 0.1) is 0 Å². The van der Waals surface area contributed by atoms with Gasteiger partial charge in [0.25, 0.3) is 5.91 Å². The number of thiazole rings is 1. The number of amides is 1. The van der Waals surface area contributed by atoms with Crippen molar-refractivity contribution < 1.29 is 4.79 Å². The Hall–Kier alpha value is -1.21. The van der Waals surface area contributed by atoms with Crippen LogP contribution in [0.5, 0.6) is 0 Å². The van der Waals surface area contributed by atoms with Crippen molar-refractivity contribution in [1.29, 1.82) is 0 Å². The maximum Gasteiger partial charge on any atom is 0.263 e. The average molecular weight is 335 g/mol. The lowest BCUT2D eigenvalue weighted by Crippen LogP contribution is -2.37. The van der Waals surface area contributed by atoms with Crippen molar-refractivity contribution in [1.82, 2.24) is 15.3 Å². The van der Waals surface area contributed by atoms with Gasteiger partial charge in [-0.05, 0) is 19.1 Å². The molecule has 0 fully saturated rings. The van der Waals surface area contributed by atoms with Crippen molar-refractivity contribution in [2.75, 3.05) is 6.54 Å². The first kappa shape index (κ1) is 18.8. The van der Waals surface area contributed by atoms with Gasteiger partial charge in [-0.15, -0.1) is 36.2 Å². The van der Waals surface area contributed by atoms with E-state index in [0.29, 0.717) is 11.4 Å². The number of nitrogens with zero attached hydrogens (tertiary/aromatic N) is 2. The lowest BCUT2D eigenvalue weighted by atomic mass is 10.3. The Morgan fingerprint density at radius 2 is 2.05 bits per heavy atom. The average Bonchev–Trinajstić information content (AvgIpc) is 2.89. The molecule has 2 aromatic heterocycles. The maximum absolute atomic E-state index is 11.9. The Morgan fingerprint density at radius 3 is 2.65 bits per heavy atom. The van der Waals surface area contributed by atoms with Crippen molar-refractivity contribution in [2.45, 2.75) is 13.0 Å². The molecule has 1 atom stereocenters. The summed E-state index contributed by atoms with van der Waals surface area (Å²) in [6.45, 7) is 2.28. The van der Waals surface area contributed by atoms with E-state index < -0.39 is 0 Å². The van der Waals surface area contributed by atoms with Crippen LogP contribution in [-0.2, 0) is 0 Å². The van der Waals surface area contributed by atoms with Crippen molar-refractivity contribution in [3.05, 3.63) is 35.6 Å². The summed E-state index contributed by atoms with van der Waals surface area (Å²) < 4.78 is 0. The highest BCUT2D eigenvalue weighted by atomic mass is 35.5. The molecular weight excluding hydrogens is 319 g/mol. The minimum atomic E-state index is -0.134. The zero-order valence-corrected chi connectivity index (χ0v) is 13.2. The van der Waals surface area contributed by atoms with Crippen molar-refractivity contribution in [3.63, 3.8) is 0 Å². The molecule has 0 aliphatic carbocycles. The molecule has 1 amide bonds. The summed E-state index contributed by atoms with van der Waals surface area (Å²) in [6, 6.07) is 3.69. The summed E-state index contributed by atoms with van der Waals surface area (Å²) in [5.74, 6) is -0.134. The lowest BCUT2D eigenvalue weighted by Gasteiger charge is -2.09. The standard InChI is InChI=1S/C12H14N4OS.2ClH/c1-8(6-13)16-11(17)10-7-15-12(18-10)9-2-4-14-5-3-9;;/h2-5,7-8H,6,13H2,1H3,(H,16,17);2*1H/t8-;;/m0../s1. The van der Waals surface area contributed by atoms with E-state index in [9.17, 15) is 4.79 Å². The topological polar surface area (TPSA) is 80.9 Å². The normalized spacial score (nSPS) is 10.9. The first-order chi connectivity index (χ1) is 8.70. The molecule has 2 aromatic rings. The van der Waals surface area contributed by atoms with E-state index >= 15 is 0 Å². The lowest BCUT2D eigenvalue weighted by molar-refractivity contribution is 0.0945. The Morgan fingerprint density at radius 1 is 1.40 bits per heavy atom. The van der Waals surface area contributed by atoms with Gasteiger partial charge >= 0.3 is 0 Å². The monoisotopic (exact) mass is 334 g/mol. The molecule has 0 saturated heterocycles. The second kappa shape index (κ2) is 8.86. The Balaban J connectivity index is 0.00000180. The van der Waals surface area contributed by atoms with E-state index in [1.54, 1.807) is 18.6 Å². The molecule has 110 valence electrons. The fourth-order valence-corrected chi connectivity index (χ4v) is 2.19. The highest BCUT2D eigenvalue weighted by molar-refractivity contribution is 7.16. The van der Waals surface area contributed by atoms with Gasteiger partial charge in [0.05, 0.1) is 6.20 Å². The van der Waals surface area contributed by atoms with Crippen molar-refractivity contribution >= 4 is 42.1 Å². The summed E-state index contributed by atoms with van der Waals surface area (Å²) in [7, 11) is 0. The SMILES string of the molecule is C[C@@H](CN)NC(=O)c1cnc(-c2ccncc2)s1.Cl.Cl. The predicted molar refractivity (Wildman–Crippen MR) is 85.8 cm³/mol. The number of pyridine rings is 1. The van der Waals surface area contributed by atoms with Gasteiger partial charge in [-0.1, -0.05) is 0 Å². The summed E-state index contributed by atoms with van der Waals surface area (Å²) in [5, 5.41) is 3.61. The fourth-order valence-electron chi connectivity index (χ4n) is 1.36. The smallest absolute Gasteiger partial charge is 0.263 e. The molecule has 0 aromatic carbocycles. The number of halogens is 2. The predicted octanol–water partition coefficient (Wildman–Crippen LogP) is 2.13. The van der Waals surface area contributed by atoms with E-state index in [4.69, 9.17) is 5.73 Å². The van der Waals surface area contributed by atoms with Gasteiger partial charge in [-0.25, -0.2) is 4.98 Å². The number of aromatic nitrogens is 2. The maximum atomic E-state index is 11.9. The molecule has 5 nitrogen and oxygen atoms in total. The van der Waals surface area contributed by atoms with E-state index in [0.717, 1.165) is 10.6 Å². The van der Waals surface area contributed by atoms with Gasteiger partial charge in [-0.2, -0.15) is 0 Å². The van der Waals surface area contributed by atoms with Gasteiger partial charge in [0.2, 0.25) is 0 Å². The number of hydrogen-bond donors (Lipinski definition) is 2. The molecule has 0 spiro atoms. The third kappa shape index (κ3) is 4.72. The molecule has 0 aliphatic rings. The molecule has 2 rings (SSSR count). The van der Waals surface area contributed by atoms with Gasteiger partial charge in [0.15, 0.2) is 0 Å². The van der Waals surface area contributed by atoms with Crippen LogP contribution in [0.25, 0.3) is 10.6 Å². The quantitative estimate of drug-likeness (QED) is 0.897. The van der Waals surface area contributed by atoms with Crippen LogP contribution < -0.4 is 11.1 Å². The highest BCUT2D eigenvalue weighted by Crippen LogP contribution is 2.24. The van der Waals surface area contributed by atoms with Crippen LogP contribution in [0.1, 0.15) is 16.6 Å². The van der Waals surface area contributed by atoms with Crippen LogP contribution >= 0.6 is 36.2 Å². The molecule has 3 N–H and O–H groups in total. The van der Waals surface area contributed by atoms with Crippen molar-refractivity contribution in [2.24, 2.45) is 5.73 Å². The zero-order valence-electron chi connectivity index (χ0n) is 10.8. The highest BCUT2D eigenvalue weighted by Gasteiger charge is 2.13. The van der Waals surface area contributed by atoms with Crippen LogP contribution in [0.15, 0.2) is 30.7 Å². The van der Waals surface area contributed by atoms with E-state index in [1.807, 2.05) is 19.1 Å². The molecule has 0 aliphatic heterocycles. The Labute approximate surface area is 133 Å². The zero-order chi connectivity index (χ0) is 13.0. The third-order valence-electron chi connectivity index (χ3n) is 2.39. The molecule has 0 saturated carbocycles. The van der Waals surface area contributed by atoms with Gasteiger partial charge < -0.3 is 11.1 Å². The first-order valence-corrected chi connectivity index (χ1v) is 6.39. The van der Waals surface area contributed by atoms with Gasteiger partial charge in [0.1, 0.15) is 9.88 Å². The molecular formula is C12H16Cl2N4OS. The van der Waals surface area contributed by atoms with Crippen LogP contribution in [0.4, 0.5) is 0 Å². The number of carbonyl (C=O) groups is 1. The molecule has 0 radical (unpaired) electrons. The summed E-state index contributed by atoms with van der Waals surface area (Å²) in [4.78, 5) is 20.6. The summed E-state index contributed by atoms with van der Waals surface area (Å²) in [5.41, 5.74) is 6.42. The van der Waals surface area contributed by atoms with Gasteiger partial charge in [-0.3, -0.25) is 9.78 Å². The minimum Gasteiger partial charge on any atom is -0.348 e. The Kier molecular flexibility index (Phi) is 8.33. The largest absolute Gasteiger partial charge is 0.348 e. The van der Waals surface area contributed by atoms with E-state index in [1.165, 1.54) is 11.3 Å². The molecule has 0 unspecified atom stereocenters. The minimum absolute atomic E-state index is 0. The Bertz CT molecular complexity index is 535. The molecule has 8 heteroatoms. The number of rotatable bonds is 4. The molecule has 0 bridgehead atoms. The second-order valence-corrected chi connectivity index (χ2v) is 4.91. The number of carbonyl (C=O) groups excluding carboxylic acids is 1. The molecule has 2 heterocycles. The van der Waals surface area contributed by atoms with Crippen molar-refractivity contribution in [3.8, 4) is 10.6 Å². The summed E-state index contributed by atoms with van der Waals surface area (Å²) in [6.07, 6.45) is 4.99. The second-order valence-electron chi connectivity index (χ2n) is 3.88. The molecule has 20 heavy (non-hydrogen) atoms. The van der Waals surface area contributed by atoms with Crippen LogP contribution in [-0.4, -0.2) is 28.5 Å². The fraction of sp³-hybridized carbons (Fsp3) is 0.250. The summed E-state index contributed by atoms with van der Waals surface area (Å²) >= 11 is 1.35.